The number of thioether (sulfide) groups is 1. The van der Waals surface area contributed by atoms with E-state index in [1.54, 1.807) is 18.2 Å². The molecule has 4 N–H and O–H groups in total. The van der Waals surface area contributed by atoms with Crippen molar-refractivity contribution in [2.45, 2.75) is 62.7 Å². The summed E-state index contributed by atoms with van der Waals surface area (Å²) in [5, 5.41) is 30.6. The molecule has 10 heteroatoms. The van der Waals surface area contributed by atoms with Gasteiger partial charge in [-0.05, 0) is 35.2 Å². The van der Waals surface area contributed by atoms with Gasteiger partial charge in [0.25, 0.3) is 0 Å². The van der Waals surface area contributed by atoms with Crippen molar-refractivity contribution in [2.24, 2.45) is 5.92 Å². The van der Waals surface area contributed by atoms with E-state index < -0.39 is 18.2 Å². The molecule has 4 atom stereocenters. The summed E-state index contributed by atoms with van der Waals surface area (Å²) in [4.78, 5) is 35.1. The molecule has 1 saturated heterocycles. The first kappa shape index (κ1) is 31.2. The van der Waals surface area contributed by atoms with Gasteiger partial charge in [-0.1, -0.05) is 67.6 Å². The van der Waals surface area contributed by atoms with E-state index in [2.05, 4.69) is 12.2 Å². The van der Waals surface area contributed by atoms with Crippen LogP contribution >= 0.6 is 11.8 Å². The second-order valence-electron chi connectivity index (χ2n) is 10.2. The van der Waals surface area contributed by atoms with Gasteiger partial charge in [-0.25, -0.2) is 4.79 Å². The number of carboxylic acid groups (broad SMARTS) is 2. The van der Waals surface area contributed by atoms with Gasteiger partial charge < -0.3 is 30.1 Å². The molecule has 0 saturated carbocycles. The predicted molar refractivity (Wildman–Crippen MR) is 157 cm³/mol. The van der Waals surface area contributed by atoms with Crippen molar-refractivity contribution >= 4 is 29.6 Å². The Hall–Kier alpha value is -3.70. The zero-order chi connectivity index (χ0) is 30.1. The van der Waals surface area contributed by atoms with Crippen LogP contribution in [0, 0.1) is 5.92 Å². The Morgan fingerprint density at radius 1 is 0.857 bits per heavy atom. The maximum atomic E-state index is 12.0. The maximum Gasteiger partial charge on any atom is 0.336 e. The highest BCUT2D eigenvalue weighted by Crippen LogP contribution is 2.43. The minimum Gasteiger partial charge on any atom is -0.481 e. The highest BCUT2D eigenvalue weighted by atomic mass is 32.2. The number of amides is 1. The molecule has 3 aromatic rings. The van der Waals surface area contributed by atoms with Gasteiger partial charge in [0, 0.05) is 41.5 Å². The molecule has 0 radical (unpaired) electrons. The molecule has 222 valence electrons. The van der Waals surface area contributed by atoms with E-state index >= 15 is 0 Å². The number of aliphatic hydroxyl groups excluding tert-OH is 1. The number of carboxylic acids is 2. The largest absolute Gasteiger partial charge is 0.481 e. The van der Waals surface area contributed by atoms with Crippen molar-refractivity contribution in [3.05, 3.63) is 101 Å². The number of aromatic carboxylic acids is 1. The minimum atomic E-state index is -0.977. The molecular formula is C32H35NO8S. The molecule has 1 aliphatic heterocycles. The van der Waals surface area contributed by atoms with Gasteiger partial charge >= 0.3 is 11.9 Å². The number of hydrogen-bond acceptors (Lipinski definition) is 7. The number of benzene rings is 3. The van der Waals surface area contributed by atoms with Gasteiger partial charge in [-0.2, -0.15) is 0 Å². The number of aliphatic carboxylic acids is 1. The second-order valence-corrected chi connectivity index (χ2v) is 11.3. The number of carbonyl (C=O) groups excluding carboxylic acids is 1. The highest BCUT2D eigenvalue weighted by molar-refractivity contribution is 7.99. The monoisotopic (exact) mass is 593 g/mol. The van der Waals surface area contributed by atoms with E-state index in [-0.39, 0.29) is 49.0 Å². The Bertz CT molecular complexity index is 1360. The van der Waals surface area contributed by atoms with Crippen LogP contribution in [0.15, 0.2) is 77.7 Å². The maximum absolute atomic E-state index is 12.0. The summed E-state index contributed by atoms with van der Waals surface area (Å²) in [6.07, 6.45) is -0.836. The Balaban J connectivity index is 1.48. The molecular weight excluding hydrogens is 558 g/mol. The zero-order valence-electron chi connectivity index (χ0n) is 23.3. The number of nitrogens with one attached hydrogen (secondary N) is 1. The lowest BCUT2D eigenvalue weighted by molar-refractivity contribution is -0.268. The van der Waals surface area contributed by atoms with E-state index in [4.69, 9.17) is 14.6 Å². The van der Waals surface area contributed by atoms with Crippen LogP contribution in [-0.2, 0) is 32.2 Å². The van der Waals surface area contributed by atoms with Crippen LogP contribution in [0.5, 0.6) is 0 Å². The van der Waals surface area contributed by atoms with Gasteiger partial charge in [0.05, 0.1) is 24.4 Å². The zero-order valence-corrected chi connectivity index (χ0v) is 24.1. The molecule has 1 aliphatic rings. The van der Waals surface area contributed by atoms with Crippen molar-refractivity contribution in [1.29, 1.82) is 0 Å². The molecule has 1 heterocycles. The van der Waals surface area contributed by atoms with Crippen LogP contribution in [0.4, 0.5) is 0 Å². The van der Waals surface area contributed by atoms with E-state index in [1.807, 2.05) is 54.6 Å². The Kier molecular flexibility index (Phi) is 11.1. The molecule has 3 aromatic carbocycles. The van der Waals surface area contributed by atoms with Crippen molar-refractivity contribution in [3.8, 4) is 0 Å². The highest BCUT2D eigenvalue weighted by Gasteiger charge is 2.38. The van der Waals surface area contributed by atoms with Gasteiger partial charge in [-0.15, -0.1) is 11.8 Å². The van der Waals surface area contributed by atoms with Crippen LogP contribution in [-0.4, -0.2) is 45.0 Å². The SMILES string of the molecule is CC1C(CSc2ccccc2C(=O)O)OC(c2ccc(CNC(=O)CCCC(=O)O)cc2)OC1c1ccc(CO)cc1. The van der Waals surface area contributed by atoms with E-state index in [0.29, 0.717) is 23.6 Å². The summed E-state index contributed by atoms with van der Waals surface area (Å²) in [6.45, 7) is 2.32. The first-order valence-electron chi connectivity index (χ1n) is 13.8. The fourth-order valence-electron chi connectivity index (χ4n) is 4.73. The number of aliphatic hydroxyl groups is 1. The summed E-state index contributed by atoms with van der Waals surface area (Å²) < 4.78 is 12.9. The molecule has 9 nitrogen and oxygen atoms in total. The van der Waals surface area contributed by atoms with Crippen LogP contribution in [0.3, 0.4) is 0 Å². The lowest BCUT2D eigenvalue weighted by atomic mass is 9.91. The predicted octanol–water partition coefficient (Wildman–Crippen LogP) is 5.33. The standard InChI is InChI=1S/C32H35NO8S/c1-20-26(19-42-27-6-3-2-5-25(27)31(38)39)40-32(41-30(20)23-13-11-22(18-34)12-14-23)24-15-9-21(10-16-24)17-33-28(35)7-4-8-29(36)37/h2-3,5-6,9-16,20,26,30,32,34H,4,7-8,17-19H2,1H3,(H,33,35)(H,36,37)(H,38,39). The summed E-state index contributed by atoms with van der Waals surface area (Å²) >= 11 is 1.44. The van der Waals surface area contributed by atoms with Crippen molar-refractivity contribution < 1.29 is 39.2 Å². The third kappa shape index (κ3) is 8.42. The molecule has 1 amide bonds. The smallest absolute Gasteiger partial charge is 0.336 e. The number of rotatable bonds is 13. The van der Waals surface area contributed by atoms with Gasteiger partial charge in [0.2, 0.25) is 5.91 Å². The number of ether oxygens (including phenoxy) is 2. The fraction of sp³-hybridized carbons (Fsp3) is 0.344. The summed E-state index contributed by atoms with van der Waals surface area (Å²) in [5.74, 6) is -1.64. The fourth-order valence-corrected chi connectivity index (χ4v) is 5.94. The molecule has 1 fully saturated rings. The molecule has 0 aliphatic carbocycles. The van der Waals surface area contributed by atoms with Gasteiger partial charge in [-0.3, -0.25) is 9.59 Å². The van der Waals surface area contributed by atoms with Crippen LogP contribution in [0.2, 0.25) is 0 Å². The molecule has 4 rings (SSSR count). The average Bonchev–Trinajstić information content (AvgIpc) is 3.00. The lowest BCUT2D eigenvalue weighted by Crippen LogP contribution is -2.38. The third-order valence-electron chi connectivity index (χ3n) is 7.18. The van der Waals surface area contributed by atoms with E-state index in [9.17, 15) is 24.6 Å². The molecule has 0 aromatic heterocycles. The van der Waals surface area contributed by atoms with Crippen LogP contribution in [0.25, 0.3) is 0 Å². The second kappa shape index (κ2) is 15.0. The van der Waals surface area contributed by atoms with E-state index in [0.717, 1.165) is 22.3 Å². The van der Waals surface area contributed by atoms with Crippen LogP contribution < -0.4 is 5.32 Å². The molecule has 0 bridgehead atoms. The normalized spacial score (nSPS) is 20.1. The quantitative estimate of drug-likeness (QED) is 0.193. The topological polar surface area (TPSA) is 142 Å². The summed E-state index contributed by atoms with van der Waals surface area (Å²) in [6, 6.07) is 22.1. The van der Waals surface area contributed by atoms with Crippen molar-refractivity contribution in [1.82, 2.24) is 5.32 Å². The van der Waals surface area contributed by atoms with Crippen molar-refractivity contribution in [2.75, 3.05) is 5.75 Å². The van der Waals surface area contributed by atoms with E-state index in [1.165, 1.54) is 11.8 Å². The Morgan fingerprint density at radius 3 is 2.19 bits per heavy atom. The third-order valence-corrected chi connectivity index (χ3v) is 8.34. The first-order chi connectivity index (χ1) is 20.2. The molecule has 42 heavy (non-hydrogen) atoms. The van der Waals surface area contributed by atoms with Gasteiger partial charge in [0.1, 0.15) is 0 Å². The molecule has 0 spiro atoms. The lowest BCUT2D eigenvalue weighted by Gasteiger charge is -2.41. The minimum absolute atomic E-state index is 0.0414. The summed E-state index contributed by atoms with van der Waals surface area (Å²) in [7, 11) is 0. The molecule has 4 unspecified atom stereocenters. The Labute approximate surface area is 248 Å². The summed E-state index contributed by atoms with van der Waals surface area (Å²) in [5.41, 5.74) is 3.69. The van der Waals surface area contributed by atoms with Gasteiger partial charge in [0.15, 0.2) is 6.29 Å². The number of carbonyl (C=O) groups is 3. The first-order valence-corrected chi connectivity index (χ1v) is 14.8. The van der Waals surface area contributed by atoms with Crippen molar-refractivity contribution in [3.63, 3.8) is 0 Å². The van der Waals surface area contributed by atoms with Crippen LogP contribution in [0.1, 0.15) is 71.2 Å². The average molecular weight is 594 g/mol. The number of hydrogen-bond donors (Lipinski definition) is 4. The Morgan fingerprint density at radius 2 is 1.52 bits per heavy atom.